The van der Waals surface area contributed by atoms with Crippen LogP contribution < -0.4 is 10.6 Å². The number of amides is 2. The molecule has 0 saturated heterocycles. The maximum atomic E-state index is 12.2. The third kappa shape index (κ3) is 4.66. The molecule has 5 heteroatoms. The number of carbonyl (C=O) groups is 2. The van der Waals surface area contributed by atoms with Crippen molar-refractivity contribution in [3.8, 4) is 0 Å². The summed E-state index contributed by atoms with van der Waals surface area (Å²) in [6.07, 6.45) is -0.610. The fourth-order valence-electron chi connectivity index (χ4n) is 2.02. The van der Waals surface area contributed by atoms with Gasteiger partial charge in [-0.3, -0.25) is 9.59 Å². The molecule has 0 spiro atoms. The molecule has 0 aliphatic rings. The monoisotopic (exact) mass is 312 g/mol. The van der Waals surface area contributed by atoms with Crippen molar-refractivity contribution in [2.24, 2.45) is 0 Å². The lowest BCUT2D eigenvalue weighted by Gasteiger charge is -2.12. The smallest absolute Gasteiger partial charge is 0.255 e. The van der Waals surface area contributed by atoms with Crippen LogP contribution in [0.1, 0.15) is 33.2 Å². The van der Waals surface area contributed by atoms with Crippen molar-refractivity contribution in [2.75, 3.05) is 11.9 Å². The van der Waals surface area contributed by atoms with Crippen LogP contribution in [0.2, 0.25) is 0 Å². The third-order valence-corrected chi connectivity index (χ3v) is 3.34. The van der Waals surface area contributed by atoms with E-state index in [2.05, 4.69) is 10.6 Å². The van der Waals surface area contributed by atoms with E-state index < -0.39 is 6.10 Å². The van der Waals surface area contributed by atoms with Crippen LogP contribution in [0.5, 0.6) is 0 Å². The van der Waals surface area contributed by atoms with Crippen molar-refractivity contribution >= 4 is 17.5 Å². The van der Waals surface area contributed by atoms with Crippen molar-refractivity contribution < 1.29 is 14.7 Å². The predicted octanol–water partition coefficient (Wildman–Crippen LogP) is 2.36. The van der Waals surface area contributed by atoms with Gasteiger partial charge >= 0.3 is 0 Å². The van der Waals surface area contributed by atoms with Crippen LogP contribution in [-0.2, 0) is 0 Å². The lowest BCUT2D eigenvalue weighted by atomic mass is 10.1. The number of nitrogens with one attached hydrogen (secondary N) is 2. The first kappa shape index (κ1) is 16.7. The van der Waals surface area contributed by atoms with E-state index in [1.165, 1.54) is 0 Å². The molecule has 2 rings (SSSR count). The van der Waals surface area contributed by atoms with Crippen LogP contribution in [0, 0.1) is 6.92 Å². The van der Waals surface area contributed by atoms with Crippen molar-refractivity contribution in [1.82, 2.24) is 5.32 Å². The second kappa shape index (κ2) is 7.56. The fraction of sp³-hybridized carbons (Fsp3) is 0.222. The molecule has 0 aliphatic heterocycles. The van der Waals surface area contributed by atoms with Gasteiger partial charge in [-0.25, -0.2) is 0 Å². The van der Waals surface area contributed by atoms with Gasteiger partial charge in [-0.05, 0) is 43.7 Å². The molecule has 0 fully saturated rings. The minimum absolute atomic E-state index is 0.179. The summed E-state index contributed by atoms with van der Waals surface area (Å²) < 4.78 is 0. The Morgan fingerprint density at radius 1 is 1.04 bits per heavy atom. The number of hydrogen-bond donors (Lipinski definition) is 3. The first-order valence-corrected chi connectivity index (χ1v) is 7.40. The summed E-state index contributed by atoms with van der Waals surface area (Å²) in [5.41, 5.74) is 2.43. The van der Waals surface area contributed by atoms with Crippen LogP contribution in [-0.4, -0.2) is 29.6 Å². The van der Waals surface area contributed by atoms with Gasteiger partial charge in [0.15, 0.2) is 0 Å². The van der Waals surface area contributed by atoms with E-state index in [0.717, 1.165) is 5.56 Å². The molecule has 120 valence electrons. The summed E-state index contributed by atoms with van der Waals surface area (Å²) in [5, 5.41) is 14.7. The summed E-state index contributed by atoms with van der Waals surface area (Å²) in [6, 6.07) is 14.0. The van der Waals surface area contributed by atoms with Crippen molar-refractivity contribution in [3.63, 3.8) is 0 Å². The summed E-state index contributed by atoms with van der Waals surface area (Å²) in [7, 11) is 0. The molecule has 0 aliphatic carbocycles. The zero-order valence-corrected chi connectivity index (χ0v) is 13.2. The van der Waals surface area contributed by atoms with Crippen molar-refractivity contribution in [1.29, 1.82) is 0 Å². The molecule has 0 heterocycles. The van der Waals surface area contributed by atoms with Gasteiger partial charge in [0.25, 0.3) is 11.8 Å². The minimum atomic E-state index is -0.610. The number of aryl methyl sites for hydroxylation is 1. The Bertz CT molecular complexity index is 697. The molecule has 2 amide bonds. The summed E-state index contributed by atoms with van der Waals surface area (Å²) in [4.78, 5) is 24.3. The summed E-state index contributed by atoms with van der Waals surface area (Å²) >= 11 is 0. The Hall–Kier alpha value is -2.66. The third-order valence-electron chi connectivity index (χ3n) is 3.34. The highest BCUT2D eigenvalue weighted by Crippen LogP contribution is 2.18. The van der Waals surface area contributed by atoms with Gasteiger partial charge in [0.2, 0.25) is 0 Å². The van der Waals surface area contributed by atoms with E-state index in [1.54, 1.807) is 49.4 Å². The highest BCUT2D eigenvalue weighted by molar-refractivity contribution is 6.05. The largest absolute Gasteiger partial charge is 0.392 e. The van der Waals surface area contributed by atoms with Gasteiger partial charge in [-0.1, -0.05) is 24.3 Å². The highest BCUT2D eigenvalue weighted by Gasteiger charge is 2.11. The number of aliphatic hydroxyl groups is 1. The average molecular weight is 312 g/mol. The van der Waals surface area contributed by atoms with Crippen molar-refractivity contribution in [2.45, 2.75) is 20.0 Å². The number of aliphatic hydroxyl groups excluding tert-OH is 1. The SMILES string of the molecule is Cc1ccc(C(=O)NCC(C)O)cc1NC(=O)c1ccccc1. The molecule has 0 radical (unpaired) electrons. The Morgan fingerprint density at radius 2 is 1.74 bits per heavy atom. The van der Waals surface area contributed by atoms with Gasteiger partial charge in [0, 0.05) is 23.4 Å². The van der Waals surface area contributed by atoms with Gasteiger partial charge in [0.05, 0.1) is 6.10 Å². The first-order chi connectivity index (χ1) is 11.0. The van der Waals surface area contributed by atoms with E-state index in [0.29, 0.717) is 16.8 Å². The number of hydrogen-bond acceptors (Lipinski definition) is 3. The second-order valence-electron chi connectivity index (χ2n) is 5.41. The minimum Gasteiger partial charge on any atom is -0.392 e. The quantitative estimate of drug-likeness (QED) is 0.793. The maximum absolute atomic E-state index is 12.2. The number of benzene rings is 2. The van der Waals surface area contributed by atoms with Crippen LogP contribution in [0.15, 0.2) is 48.5 Å². The zero-order chi connectivity index (χ0) is 16.8. The number of anilines is 1. The Labute approximate surface area is 135 Å². The molecule has 2 aromatic rings. The van der Waals surface area contributed by atoms with Gasteiger partial charge in [-0.15, -0.1) is 0 Å². The molecular formula is C18H20N2O3. The van der Waals surface area contributed by atoms with E-state index in [4.69, 9.17) is 0 Å². The second-order valence-corrected chi connectivity index (χ2v) is 5.41. The molecule has 1 atom stereocenters. The lowest BCUT2D eigenvalue weighted by Crippen LogP contribution is -2.30. The fourth-order valence-corrected chi connectivity index (χ4v) is 2.02. The molecule has 0 saturated carbocycles. The van der Waals surface area contributed by atoms with Crippen LogP contribution in [0.3, 0.4) is 0 Å². The van der Waals surface area contributed by atoms with Crippen LogP contribution in [0.4, 0.5) is 5.69 Å². The van der Waals surface area contributed by atoms with E-state index in [9.17, 15) is 14.7 Å². The molecule has 5 nitrogen and oxygen atoms in total. The Kier molecular flexibility index (Phi) is 5.49. The first-order valence-electron chi connectivity index (χ1n) is 7.40. The topological polar surface area (TPSA) is 78.4 Å². The average Bonchev–Trinajstić information content (AvgIpc) is 2.55. The summed E-state index contributed by atoms with van der Waals surface area (Å²) in [5.74, 6) is -0.517. The molecule has 1 unspecified atom stereocenters. The van der Waals surface area contributed by atoms with E-state index in [1.807, 2.05) is 13.0 Å². The molecule has 2 aromatic carbocycles. The molecule has 0 aromatic heterocycles. The molecule has 23 heavy (non-hydrogen) atoms. The van der Waals surface area contributed by atoms with Gasteiger partial charge in [-0.2, -0.15) is 0 Å². The van der Waals surface area contributed by atoms with Crippen molar-refractivity contribution in [3.05, 3.63) is 65.2 Å². The molecule has 3 N–H and O–H groups in total. The van der Waals surface area contributed by atoms with Gasteiger partial charge < -0.3 is 15.7 Å². The van der Waals surface area contributed by atoms with Crippen LogP contribution in [0.25, 0.3) is 0 Å². The predicted molar refractivity (Wildman–Crippen MR) is 89.6 cm³/mol. The van der Waals surface area contributed by atoms with E-state index in [-0.39, 0.29) is 18.4 Å². The van der Waals surface area contributed by atoms with Gasteiger partial charge in [0.1, 0.15) is 0 Å². The number of carbonyl (C=O) groups excluding carboxylic acids is 2. The highest BCUT2D eigenvalue weighted by atomic mass is 16.3. The Morgan fingerprint density at radius 3 is 2.39 bits per heavy atom. The Balaban J connectivity index is 2.14. The maximum Gasteiger partial charge on any atom is 0.255 e. The molecular weight excluding hydrogens is 292 g/mol. The summed E-state index contributed by atoms with van der Waals surface area (Å²) in [6.45, 7) is 3.64. The standard InChI is InChI=1S/C18H20N2O3/c1-12-8-9-15(17(22)19-11-13(2)21)10-16(12)20-18(23)14-6-4-3-5-7-14/h3-10,13,21H,11H2,1-2H3,(H,19,22)(H,20,23). The molecule has 0 bridgehead atoms. The zero-order valence-electron chi connectivity index (χ0n) is 13.2. The lowest BCUT2D eigenvalue weighted by molar-refractivity contribution is 0.0923. The number of rotatable bonds is 5. The normalized spacial score (nSPS) is 11.6. The van der Waals surface area contributed by atoms with E-state index >= 15 is 0 Å². The van der Waals surface area contributed by atoms with Crippen LogP contribution >= 0.6 is 0 Å².